The van der Waals surface area contributed by atoms with Gasteiger partial charge in [-0.15, -0.1) is 0 Å². The fourth-order valence-corrected chi connectivity index (χ4v) is 4.66. The number of carbonyl (C=O) groups excluding carboxylic acids is 1. The lowest BCUT2D eigenvalue weighted by atomic mass is 9.83. The van der Waals surface area contributed by atoms with E-state index in [1.165, 1.54) is 5.69 Å². The molecule has 0 bridgehead atoms. The molecule has 0 radical (unpaired) electrons. The van der Waals surface area contributed by atoms with Gasteiger partial charge in [-0.3, -0.25) is 9.69 Å². The first-order valence-corrected chi connectivity index (χ1v) is 10.9. The van der Waals surface area contributed by atoms with Gasteiger partial charge >= 0.3 is 0 Å². The fourth-order valence-electron chi connectivity index (χ4n) is 4.66. The van der Waals surface area contributed by atoms with Crippen LogP contribution in [-0.4, -0.2) is 58.5 Å². The molecule has 6 nitrogen and oxygen atoms in total. The molecule has 0 spiro atoms. The summed E-state index contributed by atoms with van der Waals surface area (Å²) in [6.07, 6.45) is 4.84. The number of imidazole rings is 1. The van der Waals surface area contributed by atoms with Crippen LogP contribution in [0.5, 0.6) is 5.75 Å². The molecule has 0 saturated carbocycles. The van der Waals surface area contributed by atoms with Crippen molar-refractivity contribution in [1.29, 1.82) is 0 Å². The van der Waals surface area contributed by atoms with Gasteiger partial charge in [0.15, 0.2) is 0 Å². The smallest absolute Gasteiger partial charge is 0.225 e. The summed E-state index contributed by atoms with van der Waals surface area (Å²) in [7, 11) is 0. The molecule has 2 aliphatic rings. The second-order valence-electron chi connectivity index (χ2n) is 8.49. The SMILES string of the molecule is CC(C)C(=O)N1CCc2[nH]cnc2C1C1CCN(CCOc2ccccc2)CC1. The monoisotopic (exact) mass is 396 g/mol. The number of carbonyl (C=O) groups is 1. The lowest BCUT2D eigenvalue weighted by Gasteiger charge is -2.43. The van der Waals surface area contributed by atoms with Gasteiger partial charge in [-0.05, 0) is 44.0 Å². The summed E-state index contributed by atoms with van der Waals surface area (Å²) in [6.45, 7) is 8.52. The summed E-state index contributed by atoms with van der Waals surface area (Å²) in [4.78, 5) is 25.4. The second kappa shape index (κ2) is 8.99. The second-order valence-corrected chi connectivity index (χ2v) is 8.49. The molecule has 0 aliphatic carbocycles. The minimum Gasteiger partial charge on any atom is -0.492 e. The maximum absolute atomic E-state index is 12.9. The van der Waals surface area contributed by atoms with Gasteiger partial charge in [0.1, 0.15) is 12.4 Å². The topological polar surface area (TPSA) is 61.5 Å². The van der Waals surface area contributed by atoms with E-state index < -0.39 is 0 Å². The third kappa shape index (κ3) is 4.47. The summed E-state index contributed by atoms with van der Waals surface area (Å²) in [5.41, 5.74) is 2.30. The van der Waals surface area contributed by atoms with Gasteiger partial charge < -0.3 is 14.6 Å². The highest BCUT2D eigenvalue weighted by Gasteiger charge is 2.39. The van der Waals surface area contributed by atoms with Crippen LogP contribution in [0.4, 0.5) is 0 Å². The molecule has 29 heavy (non-hydrogen) atoms. The third-order valence-corrected chi connectivity index (χ3v) is 6.25. The number of aromatic nitrogens is 2. The Morgan fingerprint density at radius 2 is 1.97 bits per heavy atom. The van der Waals surface area contributed by atoms with Crippen molar-refractivity contribution in [2.75, 3.05) is 32.8 Å². The van der Waals surface area contributed by atoms with Crippen molar-refractivity contribution < 1.29 is 9.53 Å². The van der Waals surface area contributed by atoms with Crippen LogP contribution in [0.1, 0.15) is 44.1 Å². The number of amides is 1. The van der Waals surface area contributed by atoms with Crippen LogP contribution in [-0.2, 0) is 11.2 Å². The molecule has 1 aromatic carbocycles. The molecule has 1 amide bonds. The van der Waals surface area contributed by atoms with Crippen LogP contribution in [0.25, 0.3) is 0 Å². The highest BCUT2D eigenvalue weighted by Crippen LogP contribution is 2.39. The van der Waals surface area contributed by atoms with Gasteiger partial charge in [-0.1, -0.05) is 32.0 Å². The number of rotatable bonds is 6. The van der Waals surface area contributed by atoms with Crippen molar-refractivity contribution in [3.8, 4) is 5.75 Å². The van der Waals surface area contributed by atoms with Crippen molar-refractivity contribution >= 4 is 5.91 Å². The van der Waals surface area contributed by atoms with Gasteiger partial charge in [0.2, 0.25) is 5.91 Å². The minimum atomic E-state index is 0.0215. The molecule has 2 aromatic rings. The van der Waals surface area contributed by atoms with E-state index >= 15 is 0 Å². The first-order valence-electron chi connectivity index (χ1n) is 10.9. The molecule has 1 saturated heterocycles. The Hall–Kier alpha value is -2.34. The number of piperidine rings is 1. The van der Waals surface area contributed by atoms with Gasteiger partial charge in [0.05, 0.1) is 18.1 Å². The molecular formula is C23H32N4O2. The number of fused-ring (bicyclic) bond motifs is 1. The van der Waals surface area contributed by atoms with Crippen LogP contribution in [0, 0.1) is 11.8 Å². The van der Waals surface area contributed by atoms with Crippen LogP contribution >= 0.6 is 0 Å². The fraction of sp³-hybridized carbons (Fsp3) is 0.565. The summed E-state index contributed by atoms with van der Waals surface area (Å²) < 4.78 is 5.85. The van der Waals surface area contributed by atoms with Crippen molar-refractivity contribution in [2.24, 2.45) is 11.8 Å². The van der Waals surface area contributed by atoms with Gasteiger partial charge in [-0.2, -0.15) is 0 Å². The molecule has 1 fully saturated rings. The van der Waals surface area contributed by atoms with Crippen LogP contribution < -0.4 is 4.74 Å². The molecule has 3 heterocycles. The number of nitrogens with one attached hydrogen (secondary N) is 1. The van der Waals surface area contributed by atoms with E-state index in [2.05, 4.69) is 19.8 Å². The number of para-hydroxylation sites is 1. The Morgan fingerprint density at radius 3 is 2.69 bits per heavy atom. The van der Waals surface area contributed by atoms with E-state index in [-0.39, 0.29) is 17.9 Å². The van der Waals surface area contributed by atoms with E-state index in [0.717, 1.165) is 56.9 Å². The average molecular weight is 397 g/mol. The molecule has 1 N–H and O–H groups in total. The van der Waals surface area contributed by atoms with E-state index in [0.29, 0.717) is 12.5 Å². The maximum atomic E-state index is 12.9. The lowest BCUT2D eigenvalue weighted by molar-refractivity contribution is -0.139. The predicted molar refractivity (Wildman–Crippen MR) is 113 cm³/mol. The molecule has 1 aromatic heterocycles. The van der Waals surface area contributed by atoms with Crippen molar-refractivity contribution in [2.45, 2.75) is 39.2 Å². The Bertz CT molecular complexity index is 796. The van der Waals surface area contributed by atoms with Gasteiger partial charge in [0.25, 0.3) is 0 Å². The first-order chi connectivity index (χ1) is 14.1. The number of hydrogen-bond acceptors (Lipinski definition) is 4. The highest BCUT2D eigenvalue weighted by molar-refractivity contribution is 5.79. The molecule has 4 rings (SSSR count). The molecule has 2 aliphatic heterocycles. The third-order valence-electron chi connectivity index (χ3n) is 6.25. The zero-order valence-corrected chi connectivity index (χ0v) is 17.5. The summed E-state index contributed by atoms with van der Waals surface area (Å²) in [6, 6.07) is 10.1. The zero-order valence-electron chi connectivity index (χ0n) is 17.5. The Balaban J connectivity index is 1.35. The van der Waals surface area contributed by atoms with E-state index in [9.17, 15) is 4.79 Å². The first kappa shape index (κ1) is 20.0. The van der Waals surface area contributed by atoms with E-state index in [4.69, 9.17) is 4.74 Å². The number of aromatic amines is 1. The average Bonchev–Trinajstić information content (AvgIpc) is 3.23. The van der Waals surface area contributed by atoms with Crippen molar-refractivity contribution in [3.05, 3.63) is 48.0 Å². The van der Waals surface area contributed by atoms with E-state index in [1.54, 1.807) is 6.33 Å². The summed E-state index contributed by atoms with van der Waals surface area (Å²) >= 11 is 0. The number of benzene rings is 1. The number of H-pyrrole nitrogens is 1. The number of likely N-dealkylation sites (tertiary alicyclic amines) is 1. The highest BCUT2D eigenvalue weighted by atomic mass is 16.5. The Kier molecular flexibility index (Phi) is 6.19. The molecule has 1 atom stereocenters. The van der Waals surface area contributed by atoms with Gasteiger partial charge in [0, 0.05) is 31.1 Å². The molecule has 156 valence electrons. The standard InChI is InChI=1S/C23H32N4O2/c1-17(2)23(28)27-13-10-20-21(25-16-24-20)22(27)18-8-11-26(12-9-18)14-15-29-19-6-4-3-5-7-19/h3-7,16-18,22H,8-15H2,1-2H3,(H,24,25). The number of ether oxygens (including phenoxy) is 1. The van der Waals surface area contributed by atoms with Crippen molar-refractivity contribution in [3.63, 3.8) is 0 Å². The molecule has 1 unspecified atom stereocenters. The Labute approximate surface area is 173 Å². The maximum Gasteiger partial charge on any atom is 0.225 e. The predicted octanol–water partition coefficient (Wildman–Crippen LogP) is 3.28. The quantitative estimate of drug-likeness (QED) is 0.814. The normalized spacial score (nSPS) is 20.7. The summed E-state index contributed by atoms with van der Waals surface area (Å²) in [5, 5.41) is 0. The zero-order chi connectivity index (χ0) is 20.2. The number of nitrogens with zero attached hydrogens (tertiary/aromatic N) is 3. The van der Waals surface area contributed by atoms with Gasteiger partial charge in [-0.25, -0.2) is 4.98 Å². The number of hydrogen-bond donors (Lipinski definition) is 1. The molecular weight excluding hydrogens is 364 g/mol. The largest absolute Gasteiger partial charge is 0.492 e. The lowest BCUT2D eigenvalue weighted by Crippen LogP contribution is -2.48. The van der Waals surface area contributed by atoms with Crippen molar-refractivity contribution in [1.82, 2.24) is 19.8 Å². The summed E-state index contributed by atoms with van der Waals surface area (Å²) in [5.74, 6) is 1.67. The van der Waals surface area contributed by atoms with E-state index in [1.807, 2.05) is 44.2 Å². The Morgan fingerprint density at radius 1 is 1.21 bits per heavy atom. The van der Waals surface area contributed by atoms with Crippen LogP contribution in [0.3, 0.4) is 0 Å². The van der Waals surface area contributed by atoms with Crippen LogP contribution in [0.2, 0.25) is 0 Å². The minimum absolute atomic E-state index is 0.0215. The van der Waals surface area contributed by atoms with Crippen LogP contribution in [0.15, 0.2) is 36.7 Å². The molecule has 6 heteroatoms.